The zero-order chi connectivity index (χ0) is 29.7. The zero-order valence-corrected chi connectivity index (χ0v) is 24.2. The molecule has 0 aliphatic rings. The highest BCUT2D eigenvalue weighted by Crippen LogP contribution is 2.20. The Morgan fingerprint density at radius 3 is 1.86 bits per heavy atom. The third-order valence-electron chi connectivity index (χ3n) is 5.81. The number of carbonyl (C=O) groups is 1. The lowest BCUT2D eigenvalue weighted by Gasteiger charge is -2.06. The van der Waals surface area contributed by atoms with Crippen molar-refractivity contribution in [2.45, 2.75) is 32.9 Å². The van der Waals surface area contributed by atoms with E-state index in [-0.39, 0.29) is 5.78 Å². The molecule has 0 unspecified atom stereocenters. The summed E-state index contributed by atoms with van der Waals surface area (Å²) in [5, 5.41) is 7.14. The first-order valence-corrected chi connectivity index (χ1v) is 13.7. The summed E-state index contributed by atoms with van der Waals surface area (Å²) in [7, 11) is 0. The molecule has 0 radical (unpaired) electrons. The summed E-state index contributed by atoms with van der Waals surface area (Å²) >= 11 is 11.6. The number of nitrogens with zero attached hydrogens (tertiary/aromatic N) is 5. The maximum atomic E-state index is 11.8. The van der Waals surface area contributed by atoms with Crippen molar-refractivity contribution >= 4 is 40.6 Å². The van der Waals surface area contributed by atoms with Gasteiger partial charge in [0.15, 0.2) is 5.78 Å². The maximum absolute atomic E-state index is 11.8. The third kappa shape index (κ3) is 9.41. The summed E-state index contributed by atoms with van der Waals surface area (Å²) in [6.07, 6.45) is 10.5. The number of hydrogen-bond acceptors (Lipinski definition) is 9. The SMILES string of the molecule is C#CCCC(=O)c1ccc(CNc2cc(Cl)ncn2)cc1.Cc1cnc(-c2ccc(CNc3cc(Cl)ncn3)cc2)o1. The van der Waals surface area contributed by atoms with Crippen LogP contribution in [0.3, 0.4) is 0 Å². The first-order valence-electron chi connectivity index (χ1n) is 12.9. The molecule has 212 valence electrons. The van der Waals surface area contributed by atoms with Crippen LogP contribution in [0.4, 0.5) is 11.6 Å². The molecule has 11 heteroatoms. The lowest BCUT2D eigenvalue weighted by atomic mass is 10.0. The predicted octanol–water partition coefficient (Wildman–Crippen LogP) is 7.04. The fourth-order valence-corrected chi connectivity index (χ4v) is 3.93. The van der Waals surface area contributed by atoms with Gasteiger partial charge in [-0.2, -0.15) is 0 Å². The number of carbonyl (C=O) groups excluding carboxylic acids is 1. The second kappa shape index (κ2) is 15.3. The topological polar surface area (TPSA) is 119 Å². The minimum absolute atomic E-state index is 0.0649. The summed E-state index contributed by atoms with van der Waals surface area (Å²) < 4.78 is 5.49. The van der Waals surface area contributed by atoms with Gasteiger partial charge in [0.25, 0.3) is 0 Å². The third-order valence-corrected chi connectivity index (χ3v) is 6.22. The molecule has 2 N–H and O–H groups in total. The van der Waals surface area contributed by atoms with Crippen LogP contribution in [0.15, 0.2) is 83.9 Å². The van der Waals surface area contributed by atoms with Crippen molar-refractivity contribution in [1.82, 2.24) is 24.9 Å². The Hall–Kier alpha value is -4.78. The van der Waals surface area contributed by atoms with Crippen molar-refractivity contribution < 1.29 is 9.21 Å². The van der Waals surface area contributed by atoms with Gasteiger partial charge in [0.05, 0.1) is 6.20 Å². The number of benzene rings is 2. The second-order valence-electron chi connectivity index (χ2n) is 8.96. The van der Waals surface area contributed by atoms with Crippen molar-refractivity contribution in [3.8, 4) is 23.8 Å². The van der Waals surface area contributed by atoms with E-state index in [9.17, 15) is 4.79 Å². The number of rotatable bonds is 10. The number of aromatic nitrogens is 5. The van der Waals surface area contributed by atoms with E-state index in [1.807, 2.05) is 55.5 Å². The monoisotopic (exact) mass is 599 g/mol. The van der Waals surface area contributed by atoms with Crippen LogP contribution < -0.4 is 10.6 Å². The van der Waals surface area contributed by atoms with E-state index in [0.29, 0.717) is 59.3 Å². The first kappa shape index (κ1) is 30.2. The van der Waals surface area contributed by atoms with Gasteiger partial charge in [-0.05, 0) is 30.2 Å². The molecule has 0 fully saturated rings. The summed E-state index contributed by atoms with van der Waals surface area (Å²) in [6.45, 7) is 3.12. The molecular weight excluding hydrogens is 573 g/mol. The predicted molar refractivity (Wildman–Crippen MR) is 164 cm³/mol. The van der Waals surface area contributed by atoms with E-state index < -0.39 is 0 Å². The number of anilines is 2. The first-order chi connectivity index (χ1) is 20.4. The van der Waals surface area contributed by atoms with Crippen LogP contribution in [0.2, 0.25) is 10.3 Å². The summed E-state index contributed by atoms with van der Waals surface area (Å²) in [6, 6.07) is 18.8. The van der Waals surface area contributed by atoms with Crippen molar-refractivity contribution in [1.29, 1.82) is 0 Å². The molecular formula is C31H27Cl2N7O2. The fraction of sp³-hybridized carbons (Fsp3) is 0.161. The molecule has 0 amide bonds. The zero-order valence-electron chi connectivity index (χ0n) is 22.7. The lowest BCUT2D eigenvalue weighted by molar-refractivity contribution is 0.0984. The van der Waals surface area contributed by atoms with Crippen molar-refractivity contribution in [3.63, 3.8) is 0 Å². The quantitative estimate of drug-likeness (QED) is 0.0988. The van der Waals surface area contributed by atoms with Gasteiger partial charge in [-0.15, -0.1) is 12.3 Å². The van der Waals surface area contributed by atoms with Gasteiger partial charge in [0.1, 0.15) is 40.4 Å². The summed E-state index contributed by atoms with van der Waals surface area (Å²) in [4.78, 5) is 31.8. The van der Waals surface area contributed by atoms with E-state index in [1.165, 1.54) is 12.7 Å². The highest BCUT2D eigenvalue weighted by molar-refractivity contribution is 6.29. The van der Waals surface area contributed by atoms with Gasteiger partial charge < -0.3 is 15.1 Å². The number of hydrogen-bond donors (Lipinski definition) is 2. The van der Waals surface area contributed by atoms with Crippen molar-refractivity contribution in [3.05, 3.63) is 112 Å². The molecule has 0 atom stereocenters. The van der Waals surface area contributed by atoms with Crippen molar-refractivity contribution in [2.75, 3.05) is 10.6 Å². The van der Waals surface area contributed by atoms with Gasteiger partial charge in [0.2, 0.25) is 5.89 Å². The molecule has 5 aromatic rings. The van der Waals surface area contributed by atoms with Gasteiger partial charge >= 0.3 is 0 Å². The Balaban J connectivity index is 0.000000193. The molecule has 3 heterocycles. The molecule has 2 aromatic carbocycles. The van der Waals surface area contributed by atoms with Gasteiger partial charge in [-0.25, -0.2) is 24.9 Å². The second-order valence-corrected chi connectivity index (χ2v) is 9.73. The number of oxazole rings is 1. The number of terminal acetylenes is 1. The number of Topliss-reactive ketones (excluding diaryl/α,β-unsaturated/α-hetero) is 1. The summed E-state index contributed by atoms with van der Waals surface area (Å²) in [5.74, 6) is 5.32. The number of ketones is 1. The van der Waals surface area contributed by atoms with Crippen LogP contribution in [0.25, 0.3) is 11.5 Å². The fourth-order valence-electron chi connectivity index (χ4n) is 3.64. The average Bonchev–Trinajstić information content (AvgIpc) is 3.45. The largest absolute Gasteiger partial charge is 0.441 e. The Morgan fingerprint density at radius 1 is 0.833 bits per heavy atom. The molecule has 0 bridgehead atoms. The Labute approximate surface area is 253 Å². The molecule has 42 heavy (non-hydrogen) atoms. The molecule has 3 aromatic heterocycles. The Kier molecular flexibility index (Phi) is 11.0. The molecule has 9 nitrogen and oxygen atoms in total. The lowest BCUT2D eigenvalue weighted by Crippen LogP contribution is -2.03. The smallest absolute Gasteiger partial charge is 0.226 e. The number of aryl methyl sites for hydroxylation is 1. The van der Waals surface area contributed by atoms with E-state index in [0.717, 1.165) is 22.5 Å². The molecule has 0 saturated heterocycles. The minimum atomic E-state index is 0.0649. The standard InChI is InChI=1S/C16H14ClN3O.C15H13ClN4O/c1-2-3-4-14(21)13-7-5-12(6-8-13)10-18-16-9-15(17)19-11-20-16;1-10-7-18-15(21-10)12-4-2-11(3-5-12)8-17-14-6-13(16)19-9-20-14/h1,5-9,11H,3-4,10H2,(H,18,19,20);2-7,9H,8H2,1H3,(H,17,19,20). The number of halogens is 2. The van der Waals surface area contributed by atoms with Crippen molar-refractivity contribution in [2.24, 2.45) is 0 Å². The molecule has 0 aliphatic heterocycles. The van der Waals surface area contributed by atoms with E-state index in [4.69, 9.17) is 34.0 Å². The van der Waals surface area contributed by atoms with Crippen LogP contribution in [-0.2, 0) is 13.1 Å². The van der Waals surface area contributed by atoms with E-state index in [1.54, 1.807) is 18.3 Å². The van der Waals surface area contributed by atoms with E-state index >= 15 is 0 Å². The highest BCUT2D eigenvalue weighted by Gasteiger charge is 2.06. The Bertz CT molecular complexity index is 1650. The average molecular weight is 601 g/mol. The van der Waals surface area contributed by atoms with Crippen LogP contribution in [-0.4, -0.2) is 30.7 Å². The highest BCUT2D eigenvalue weighted by atomic mass is 35.5. The molecule has 0 saturated carbocycles. The summed E-state index contributed by atoms with van der Waals surface area (Å²) in [5.41, 5.74) is 3.80. The molecule has 0 spiro atoms. The van der Waals surface area contributed by atoms with E-state index in [2.05, 4.69) is 41.5 Å². The molecule has 5 rings (SSSR count). The molecule has 0 aliphatic carbocycles. The normalized spacial score (nSPS) is 10.2. The van der Waals surface area contributed by atoms with Gasteiger partial charge in [-0.3, -0.25) is 4.79 Å². The van der Waals surface area contributed by atoms with Crippen LogP contribution in [0.1, 0.15) is 40.1 Å². The number of nitrogens with one attached hydrogen (secondary N) is 2. The van der Waals surface area contributed by atoms with Gasteiger partial charge in [-0.1, -0.05) is 59.6 Å². The van der Waals surface area contributed by atoms with Crippen LogP contribution >= 0.6 is 23.2 Å². The Morgan fingerprint density at radius 2 is 1.38 bits per heavy atom. The van der Waals surface area contributed by atoms with Gasteiger partial charge in [0, 0.05) is 49.2 Å². The van der Waals surface area contributed by atoms with Crippen LogP contribution in [0, 0.1) is 19.3 Å². The minimum Gasteiger partial charge on any atom is -0.441 e. The maximum Gasteiger partial charge on any atom is 0.226 e. The van der Waals surface area contributed by atoms with Crippen LogP contribution in [0.5, 0.6) is 0 Å².